The smallest absolute Gasteiger partial charge is 0.207 e. The van der Waals surface area contributed by atoms with Crippen LogP contribution in [0.3, 0.4) is 0 Å². The molecule has 4 heteroatoms. The molecular formula is C17H25NO2S. The molecule has 0 amide bonds. The lowest BCUT2D eigenvalue weighted by Crippen LogP contribution is -2.23. The van der Waals surface area contributed by atoms with Crippen molar-refractivity contribution in [3.05, 3.63) is 29.8 Å². The fourth-order valence-corrected chi connectivity index (χ4v) is 2.82. The molecule has 0 atom stereocenters. The third kappa shape index (κ3) is 7.31. The zero-order chi connectivity index (χ0) is 15.6. The van der Waals surface area contributed by atoms with Crippen molar-refractivity contribution in [1.29, 1.82) is 0 Å². The molecule has 0 saturated heterocycles. The minimum Gasteiger partial charge on any atom is -0.207 e. The highest BCUT2D eigenvalue weighted by Gasteiger charge is 2.11. The van der Waals surface area contributed by atoms with Gasteiger partial charge in [0.15, 0.2) is 0 Å². The number of hydrogen-bond acceptors (Lipinski definition) is 2. The molecule has 0 bridgehead atoms. The summed E-state index contributed by atoms with van der Waals surface area (Å²) in [6, 6.07) is 6.80. The first-order valence-electron chi connectivity index (χ1n) is 7.58. The molecule has 0 aliphatic heterocycles. The Labute approximate surface area is 129 Å². The highest BCUT2D eigenvalue weighted by Crippen LogP contribution is 2.09. The van der Waals surface area contributed by atoms with Gasteiger partial charge in [0.1, 0.15) is 0 Å². The van der Waals surface area contributed by atoms with Gasteiger partial charge in [0.25, 0.3) is 0 Å². The molecule has 0 unspecified atom stereocenters. The third-order valence-corrected chi connectivity index (χ3v) is 4.63. The molecular weight excluding hydrogens is 282 g/mol. The predicted molar refractivity (Wildman–Crippen MR) is 87.5 cm³/mol. The fraction of sp³-hybridized carbons (Fsp3) is 0.529. The number of sulfonamides is 1. The molecule has 0 aliphatic rings. The van der Waals surface area contributed by atoms with Gasteiger partial charge in [-0.2, -0.15) is 4.72 Å². The Hall–Kier alpha value is -1.31. The van der Waals surface area contributed by atoms with Gasteiger partial charge < -0.3 is 0 Å². The topological polar surface area (TPSA) is 46.2 Å². The van der Waals surface area contributed by atoms with E-state index < -0.39 is 10.0 Å². The van der Waals surface area contributed by atoms with Crippen LogP contribution in [0.4, 0.5) is 0 Å². The average Bonchev–Trinajstić information content (AvgIpc) is 2.46. The Morgan fingerprint density at radius 2 is 1.67 bits per heavy atom. The van der Waals surface area contributed by atoms with Gasteiger partial charge >= 0.3 is 0 Å². The van der Waals surface area contributed by atoms with Crippen LogP contribution in [0.25, 0.3) is 0 Å². The molecule has 0 aromatic heterocycles. The van der Waals surface area contributed by atoms with Gasteiger partial charge in [-0.15, -0.1) is 5.92 Å². The standard InChI is InChI=1S/C17H25NO2S/c1-3-4-5-6-7-8-9-10-15-18-21(19,20)17-13-11-16(2)12-14-17/h11-14,18H,3-8,15H2,1-2H3. The minimum absolute atomic E-state index is 0.172. The first-order valence-corrected chi connectivity index (χ1v) is 9.06. The van der Waals surface area contributed by atoms with E-state index in [1.807, 2.05) is 6.92 Å². The molecule has 0 radical (unpaired) electrons. The van der Waals surface area contributed by atoms with Gasteiger partial charge in [0.05, 0.1) is 11.4 Å². The van der Waals surface area contributed by atoms with Crippen LogP contribution in [0.15, 0.2) is 29.2 Å². The Kier molecular flexibility index (Phi) is 8.11. The van der Waals surface area contributed by atoms with Gasteiger partial charge in [0.2, 0.25) is 10.0 Å². The monoisotopic (exact) mass is 307 g/mol. The Balaban J connectivity index is 2.30. The first-order chi connectivity index (χ1) is 10.1. The summed E-state index contributed by atoms with van der Waals surface area (Å²) in [4.78, 5) is 0.287. The lowest BCUT2D eigenvalue weighted by molar-refractivity contribution is 0.586. The zero-order valence-electron chi connectivity index (χ0n) is 13.0. The number of unbranched alkanes of at least 4 members (excludes halogenated alkanes) is 5. The van der Waals surface area contributed by atoms with Crippen LogP contribution in [0.5, 0.6) is 0 Å². The summed E-state index contributed by atoms with van der Waals surface area (Å²) in [7, 11) is -3.43. The number of nitrogens with one attached hydrogen (secondary N) is 1. The van der Waals surface area contributed by atoms with Gasteiger partial charge in [-0.3, -0.25) is 0 Å². The number of aryl methyl sites for hydroxylation is 1. The van der Waals surface area contributed by atoms with Crippen LogP contribution in [0.2, 0.25) is 0 Å². The highest BCUT2D eigenvalue weighted by atomic mass is 32.2. The molecule has 0 heterocycles. The molecule has 1 aromatic rings. The van der Waals surface area contributed by atoms with Crippen molar-refractivity contribution in [1.82, 2.24) is 4.72 Å². The summed E-state index contributed by atoms with van der Waals surface area (Å²) in [6.07, 6.45) is 6.93. The predicted octanol–water partition coefficient (Wildman–Crippen LogP) is 3.64. The van der Waals surface area contributed by atoms with Crippen molar-refractivity contribution in [2.24, 2.45) is 0 Å². The third-order valence-electron chi connectivity index (χ3n) is 3.21. The van der Waals surface area contributed by atoms with Crippen LogP contribution < -0.4 is 4.72 Å². The molecule has 0 fully saturated rings. The SMILES string of the molecule is CCCCCCCC#CCNS(=O)(=O)c1ccc(C)cc1. The van der Waals surface area contributed by atoms with E-state index in [-0.39, 0.29) is 11.4 Å². The van der Waals surface area contributed by atoms with Crippen LogP contribution in [-0.2, 0) is 10.0 Å². The number of hydrogen-bond donors (Lipinski definition) is 1. The second-order valence-corrected chi connectivity index (χ2v) is 6.92. The molecule has 116 valence electrons. The largest absolute Gasteiger partial charge is 0.241 e. The van der Waals surface area contributed by atoms with Gasteiger partial charge in [-0.25, -0.2) is 8.42 Å². The van der Waals surface area contributed by atoms with Crippen LogP contribution in [0.1, 0.15) is 51.0 Å². The average molecular weight is 307 g/mol. The molecule has 21 heavy (non-hydrogen) atoms. The van der Waals surface area contributed by atoms with E-state index >= 15 is 0 Å². The molecule has 3 nitrogen and oxygen atoms in total. The Morgan fingerprint density at radius 3 is 2.33 bits per heavy atom. The van der Waals surface area contributed by atoms with Crippen LogP contribution in [-0.4, -0.2) is 15.0 Å². The summed E-state index contributed by atoms with van der Waals surface area (Å²) in [5.41, 5.74) is 1.04. The van der Waals surface area contributed by atoms with E-state index in [0.29, 0.717) is 0 Å². The summed E-state index contributed by atoms with van der Waals surface area (Å²) < 4.78 is 26.4. The number of benzene rings is 1. The second-order valence-electron chi connectivity index (χ2n) is 5.16. The van der Waals surface area contributed by atoms with E-state index in [1.165, 1.54) is 25.7 Å². The summed E-state index contributed by atoms with van der Waals surface area (Å²) >= 11 is 0. The Morgan fingerprint density at radius 1 is 1.00 bits per heavy atom. The van der Waals surface area contributed by atoms with E-state index in [4.69, 9.17) is 0 Å². The van der Waals surface area contributed by atoms with Crippen molar-refractivity contribution in [3.63, 3.8) is 0 Å². The lowest BCUT2D eigenvalue weighted by atomic mass is 10.1. The van der Waals surface area contributed by atoms with Crippen molar-refractivity contribution >= 4 is 10.0 Å². The van der Waals surface area contributed by atoms with E-state index in [0.717, 1.165) is 18.4 Å². The molecule has 1 aromatic carbocycles. The van der Waals surface area contributed by atoms with Crippen LogP contribution in [0, 0.1) is 18.8 Å². The van der Waals surface area contributed by atoms with Gasteiger partial charge in [-0.1, -0.05) is 56.2 Å². The maximum Gasteiger partial charge on any atom is 0.241 e. The second kappa shape index (κ2) is 9.59. The lowest BCUT2D eigenvalue weighted by Gasteiger charge is -2.03. The van der Waals surface area contributed by atoms with E-state index in [1.54, 1.807) is 24.3 Å². The quantitative estimate of drug-likeness (QED) is 0.589. The van der Waals surface area contributed by atoms with E-state index in [9.17, 15) is 8.42 Å². The van der Waals surface area contributed by atoms with E-state index in [2.05, 4.69) is 23.5 Å². The van der Waals surface area contributed by atoms with Crippen molar-refractivity contribution in [2.45, 2.75) is 57.3 Å². The first kappa shape index (κ1) is 17.7. The summed E-state index contributed by atoms with van der Waals surface area (Å²) in [5, 5.41) is 0. The van der Waals surface area contributed by atoms with Gasteiger partial charge in [-0.05, 0) is 25.5 Å². The Bertz CT molecular complexity index is 565. The maximum atomic E-state index is 12.0. The van der Waals surface area contributed by atoms with Gasteiger partial charge in [0, 0.05) is 6.42 Å². The molecule has 0 saturated carbocycles. The highest BCUT2D eigenvalue weighted by molar-refractivity contribution is 7.89. The fourth-order valence-electron chi connectivity index (χ4n) is 1.90. The summed E-state index contributed by atoms with van der Waals surface area (Å²) in [5.74, 6) is 5.89. The normalized spacial score (nSPS) is 11.0. The van der Waals surface area contributed by atoms with Crippen LogP contribution >= 0.6 is 0 Å². The maximum absolute atomic E-state index is 12.0. The molecule has 1 rings (SSSR count). The zero-order valence-corrected chi connectivity index (χ0v) is 13.8. The molecule has 1 N–H and O–H groups in total. The van der Waals surface area contributed by atoms with Crippen molar-refractivity contribution in [3.8, 4) is 11.8 Å². The van der Waals surface area contributed by atoms with Crippen molar-refractivity contribution < 1.29 is 8.42 Å². The molecule has 0 aliphatic carbocycles. The summed E-state index contributed by atoms with van der Waals surface area (Å²) in [6.45, 7) is 4.29. The number of rotatable bonds is 8. The van der Waals surface area contributed by atoms with Crippen molar-refractivity contribution in [2.75, 3.05) is 6.54 Å². The minimum atomic E-state index is -3.43. The molecule has 0 spiro atoms.